The van der Waals surface area contributed by atoms with E-state index in [0.29, 0.717) is 11.7 Å². The molecule has 1 rings (SSSR count). The highest BCUT2D eigenvalue weighted by atomic mass is 32.2. The summed E-state index contributed by atoms with van der Waals surface area (Å²) >= 11 is 1.87. The Balaban J connectivity index is 2.31. The molecule has 1 atom stereocenters. The molecule has 1 unspecified atom stereocenters. The highest BCUT2D eigenvalue weighted by molar-refractivity contribution is 7.98. The molecular formula is C16H24O2S. The molecule has 0 aliphatic carbocycles. The molecule has 0 aliphatic heterocycles. The van der Waals surface area contributed by atoms with Gasteiger partial charge in [0.2, 0.25) is 0 Å². The van der Waals surface area contributed by atoms with E-state index >= 15 is 0 Å². The Labute approximate surface area is 120 Å². The Morgan fingerprint density at radius 2 is 2.11 bits per heavy atom. The first kappa shape index (κ1) is 16.1. The van der Waals surface area contributed by atoms with Crippen molar-refractivity contribution in [3.8, 4) is 0 Å². The standard InChI is InChI=1S/C16H24O2S/c1-13(19-3)15-10-7-9-14(12-15)8-5-4-6-11-16(17)18-2/h7,9-10,12-13H,4-6,8,11H2,1-3H3. The zero-order valence-electron chi connectivity index (χ0n) is 12.1. The highest BCUT2D eigenvalue weighted by Crippen LogP contribution is 2.26. The van der Waals surface area contributed by atoms with Gasteiger partial charge in [0.15, 0.2) is 0 Å². The van der Waals surface area contributed by atoms with E-state index in [1.54, 1.807) is 0 Å². The van der Waals surface area contributed by atoms with E-state index in [2.05, 4.69) is 42.2 Å². The lowest BCUT2D eigenvalue weighted by Gasteiger charge is -2.10. The topological polar surface area (TPSA) is 26.3 Å². The van der Waals surface area contributed by atoms with Crippen molar-refractivity contribution in [2.45, 2.75) is 44.3 Å². The van der Waals surface area contributed by atoms with Gasteiger partial charge in [0, 0.05) is 11.7 Å². The van der Waals surface area contributed by atoms with Gasteiger partial charge in [0.25, 0.3) is 0 Å². The number of thioether (sulfide) groups is 1. The van der Waals surface area contributed by atoms with Crippen LogP contribution >= 0.6 is 11.8 Å². The number of esters is 1. The number of unbranched alkanes of at least 4 members (excludes halogenated alkanes) is 2. The van der Waals surface area contributed by atoms with Gasteiger partial charge < -0.3 is 4.74 Å². The van der Waals surface area contributed by atoms with Gasteiger partial charge in [-0.05, 0) is 43.6 Å². The van der Waals surface area contributed by atoms with Crippen LogP contribution in [0.15, 0.2) is 24.3 Å². The van der Waals surface area contributed by atoms with E-state index in [9.17, 15) is 4.79 Å². The summed E-state index contributed by atoms with van der Waals surface area (Å²) < 4.78 is 4.63. The molecule has 0 fully saturated rings. The van der Waals surface area contributed by atoms with Crippen LogP contribution in [0, 0.1) is 0 Å². The van der Waals surface area contributed by atoms with Crippen molar-refractivity contribution in [3.05, 3.63) is 35.4 Å². The highest BCUT2D eigenvalue weighted by Gasteiger charge is 2.04. The maximum Gasteiger partial charge on any atom is 0.305 e. The summed E-state index contributed by atoms with van der Waals surface area (Å²) in [6.07, 6.45) is 6.92. The van der Waals surface area contributed by atoms with E-state index in [-0.39, 0.29) is 5.97 Å². The number of ether oxygens (including phenoxy) is 1. The molecule has 3 heteroatoms. The summed E-state index contributed by atoms with van der Waals surface area (Å²) in [5.74, 6) is -0.101. The number of hydrogen-bond acceptors (Lipinski definition) is 3. The van der Waals surface area contributed by atoms with Gasteiger partial charge in [-0.25, -0.2) is 0 Å². The third-order valence-electron chi connectivity index (χ3n) is 3.35. The fourth-order valence-electron chi connectivity index (χ4n) is 2.01. The molecule has 0 amide bonds. The molecule has 0 saturated heterocycles. The fraction of sp³-hybridized carbons (Fsp3) is 0.562. The largest absolute Gasteiger partial charge is 0.469 e. The van der Waals surface area contributed by atoms with E-state index in [0.717, 1.165) is 25.7 Å². The fourth-order valence-corrected chi connectivity index (χ4v) is 2.43. The van der Waals surface area contributed by atoms with Crippen molar-refractivity contribution < 1.29 is 9.53 Å². The van der Waals surface area contributed by atoms with Gasteiger partial charge in [0.05, 0.1) is 7.11 Å². The molecule has 0 radical (unpaired) electrons. The van der Waals surface area contributed by atoms with Crippen LogP contribution < -0.4 is 0 Å². The zero-order chi connectivity index (χ0) is 14.1. The number of aryl methyl sites for hydroxylation is 1. The number of carbonyl (C=O) groups excluding carboxylic acids is 1. The lowest BCUT2D eigenvalue weighted by Crippen LogP contribution is -1.99. The Morgan fingerprint density at radius 1 is 1.32 bits per heavy atom. The molecule has 0 saturated carbocycles. The van der Waals surface area contributed by atoms with Gasteiger partial charge in [-0.3, -0.25) is 4.79 Å². The molecule has 2 nitrogen and oxygen atoms in total. The summed E-state index contributed by atoms with van der Waals surface area (Å²) in [5.41, 5.74) is 2.80. The molecule has 1 aromatic rings. The van der Waals surface area contributed by atoms with Crippen molar-refractivity contribution >= 4 is 17.7 Å². The molecule has 0 spiro atoms. The number of hydrogen-bond donors (Lipinski definition) is 0. The maximum atomic E-state index is 11.0. The Bertz CT molecular complexity index is 390. The number of benzene rings is 1. The quantitative estimate of drug-likeness (QED) is 0.522. The summed E-state index contributed by atoms with van der Waals surface area (Å²) in [5, 5.41) is 0.555. The van der Waals surface area contributed by atoms with Crippen LogP contribution in [0.2, 0.25) is 0 Å². The first-order chi connectivity index (χ1) is 9.17. The van der Waals surface area contributed by atoms with E-state index in [1.165, 1.54) is 18.2 Å². The summed E-state index contributed by atoms with van der Waals surface area (Å²) in [7, 11) is 1.45. The summed E-state index contributed by atoms with van der Waals surface area (Å²) in [6.45, 7) is 2.24. The van der Waals surface area contributed by atoms with E-state index < -0.39 is 0 Å². The molecule has 0 aromatic heterocycles. The summed E-state index contributed by atoms with van der Waals surface area (Å²) in [4.78, 5) is 11.0. The van der Waals surface area contributed by atoms with E-state index in [1.807, 2.05) is 11.8 Å². The van der Waals surface area contributed by atoms with Crippen molar-refractivity contribution in [2.24, 2.45) is 0 Å². The minimum Gasteiger partial charge on any atom is -0.469 e. The average Bonchev–Trinajstić information content (AvgIpc) is 2.46. The molecule has 19 heavy (non-hydrogen) atoms. The van der Waals surface area contributed by atoms with Crippen molar-refractivity contribution in [2.75, 3.05) is 13.4 Å². The van der Waals surface area contributed by atoms with Gasteiger partial charge in [-0.1, -0.05) is 30.7 Å². The minimum atomic E-state index is -0.101. The van der Waals surface area contributed by atoms with Crippen LogP contribution in [0.4, 0.5) is 0 Å². The second-order valence-electron chi connectivity index (χ2n) is 4.76. The second kappa shape index (κ2) is 9.03. The van der Waals surface area contributed by atoms with Crippen LogP contribution in [-0.4, -0.2) is 19.3 Å². The SMILES string of the molecule is COC(=O)CCCCCc1cccc(C(C)SC)c1. The molecule has 0 heterocycles. The molecule has 1 aromatic carbocycles. The normalized spacial score (nSPS) is 12.2. The van der Waals surface area contributed by atoms with Crippen LogP contribution in [0.3, 0.4) is 0 Å². The Morgan fingerprint density at radius 3 is 2.79 bits per heavy atom. The monoisotopic (exact) mass is 280 g/mol. The Hall–Kier alpha value is -0.960. The smallest absolute Gasteiger partial charge is 0.305 e. The number of rotatable bonds is 8. The maximum absolute atomic E-state index is 11.0. The van der Waals surface area contributed by atoms with Gasteiger partial charge >= 0.3 is 5.97 Å². The molecule has 106 valence electrons. The predicted octanol–water partition coefficient (Wildman–Crippen LogP) is 4.39. The van der Waals surface area contributed by atoms with Crippen molar-refractivity contribution in [3.63, 3.8) is 0 Å². The third kappa shape index (κ3) is 6.15. The number of methoxy groups -OCH3 is 1. The summed E-state index contributed by atoms with van der Waals surface area (Å²) in [6, 6.07) is 8.84. The van der Waals surface area contributed by atoms with Crippen LogP contribution in [0.25, 0.3) is 0 Å². The molecule has 0 N–H and O–H groups in total. The lowest BCUT2D eigenvalue weighted by atomic mass is 10.0. The molecule has 0 bridgehead atoms. The van der Waals surface area contributed by atoms with Crippen LogP contribution in [0.1, 0.15) is 49.0 Å². The lowest BCUT2D eigenvalue weighted by molar-refractivity contribution is -0.140. The van der Waals surface area contributed by atoms with Gasteiger partial charge in [-0.15, -0.1) is 0 Å². The molecular weight excluding hydrogens is 256 g/mol. The van der Waals surface area contributed by atoms with Crippen molar-refractivity contribution in [1.29, 1.82) is 0 Å². The second-order valence-corrected chi connectivity index (χ2v) is 5.94. The zero-order valence-corrected chi connectivity index (χ0v) is 13.0. The first-order valence-electron chi connectivity index (χ1n) is 6.85. The van der Waals surface area contributed by atoms with Crippen LogP contribution in [0.5, 0.6) is 0 Å². The Kier molecular flexibility index (Phi) is 7.65. The van der Waals surface area contributed by atoms with E-state index in [4.69, 9.17) is 0 Å². The third-order valence-corrected chi connectivity index (χ3v) is 4.33. The van der Waals surface area contributed by atoms with Gasteiger partial charge in [-0.2, -0.15) is 11.8 Å². The first-order valence-corrected chi connectivity index (χ1v) is 8.14. The average molecular weight is 280 g/mol. The number of carbonyl (C=O) groups is 1. The van der Waals surface area contributed by atoms with Crippen molar-refractivity contribution in [1.82, 2.24) is 0 Å². The predicted molar refractivity (Wildman–Crippen MR) is 82.6 cm³/mol. The minimum absolute atomic E-state index is 0.101. The van der Waals surface area contributed by atoms with Crippen LogP contribution in [-0.2, 0) is 16.0 Å². The molecule has 0 aliphatic rings. The van der Waals surface area contributed by atoms with Gasteiger partial charge in [0.1, 0.15) is 0 Å².